The van der Waals surface area contributed by atoms with Crippen LogP contribution in [-0.2, 0) is 14.3 Å². The lowest BCUT2D eigenvalue weighted by atomic mass is 10.3. The standard InChI is InChI=1S/C11H10BrFN2O5/c12-6-1-2-7(13)8(3-6)14-11(19)15-9(16)4-20-5-10(17)18/h1-3H,4-5H2,(H,17,18)(H2,14,15,16,19). The van der Waals surface area contributed by atoms with Crippen LogP contribution >= 0.6 is 15.9 Å². The number of anilines is 1. The Kier molecular flexibility index (Phi) is 6.07. The van der Waals surface area contributed by atoms with Gasteiger partial charge in [0.25, 0.3) is 5.91 Å². The third-order valence-corrected chi connectivity index (χ3v) is 2.38. The molecule has 0 aromatic heterocycles. The number of carbonyl (C=O) groups is 3. The van der Waals surface area contributed by atoms with E-state index >= 15 is 0 Å². The summed E-state index contributed by atoms with van der Waals surface area (Å²) in [4.78, 5) is 32.7. The molecular weight excluding hydrogens is 339 g/mol. The maximum atomic E-state index is 13.3. The van der Waals surface area contributed by atoms with Gasteiger partial charge in [0, 0.05) is 4.47 Å². The summed E-state index contributed by atoms with van der Waals surface area (Å²) in [6.45, 7) is -1.25. The Labute approximate surface area is 121 Å². The van der Waals surface area contributed by atoms with Crippen LogP contribution in [-0.4, -0.2) is 36.2 Å². The first-order valence-electron chi connectivity index (χ1n) is 5.24. The zero-order valence-corrected chi connectivity index (χ0v) is 11.6. The molecule has 0 aliphatic carbocycles. The van der Waals surface area contributed by atoms with E-state index in [9.17, 15) is 18.8 Å². The number of rotatable bonds is 5. The molecule has 7 nitrogen and oxygen atoms in total. The highest BCUT2D eigenvalue weighted by molar-refractivity contribution is 9.10. The molecule has 9 heteroatoms. The Morgan fingerprint density at radius 1 is 1.30 bits per heavy atom. The molecule has 0 saturated carbocycles. The van der Waals surface area contributed by atoms with Gasteiger partial charge in [-0.15, -0.1) is 0 Å². The van der Waals surface area contributed by atoms with Crippen LogP contribution in [0, 0.1) is 5.82 Å². The van der Waals surface area contributed by atoms with Gasteiger partial charge < -0.3 is 15.2 Å². The highest BCUT2D eigenvalue weighted by Crippen LogP contribution is 2.19. The molecule has 0 atom stereocenters. The lowest BCUT2D eigenvalue weighted by Gasteiger charge is -2.08. The molecule has 0 saturated heterocycles. The first kappa shape index (κ1) is 16.1. The zero-order chi connectivity index (χ0) is 15.1. The first-order chi connectivity index (χ1) is 9.38. The highest BCUT2D eigenvalue weighted by atomic mass is 79.9. The number of carbonyl (C=O) groups excluding carboxylic acids is 2. The van der Waals surface area contributed by atoms with E-state index in [4.69, 9.17) is 5.11 Å². The first-order valence-corrected chi connectivity index (χ1v) is 6.03. The molecule has 0 unspecified atom stereocenters. The van der Waals surface area contributed by atoms with Crippen LogP contribution in [0.3, 0.4) is 0 Å². The third-order valence-electron chi connectivity index (χ3n) is 1.89. The van der Waals surface area contributed by atoms with E-state index in [-0.39, 0.29) is 5.69 Å². The van der Waals surface area contributed by atoms with Gasteiger partial charge in [-0.25, -0.2) is 14.0 Å². The second-order valence-corrected chi connectivity index (χ2v) is 4.43. The number of imide groups is 1. The predicted octanol–water partition coefficient (Wildman–Crippen LogP) is 1.34. The van der Waals surface area contributed by atoms with E-state index < -0.39 is 36.9 Å². The number of carboxylic acids is 1. The quantitative estimate of drug-likeness (QED) is 0.744. The number of hydrogen-bond acceptors (Lipinski definition) is 4. The number of urea groups is 1. The second-order valence-electron chi connectivity index (χ2n) is 3.51. The van der Waals surface area contributed by atoms with Gasteiger partial charge in [-0.2, -0.15) is 0 Å². The molecule has 0 radical (unpaired) electrons. The van der Waals surface area contributed by atoms with Crippen molar-refractivity contribution in [3.8, 4) is 0 Å². The maximum absolute atomic E-state index is 13.3. The molecule has 0 bridgehead atoms. The van der Waals surface area contributed by atoms with Crippen molar-refractivity contribution in [3.05, 3.63) is 28.5 Å². The predicted molar refractivity (Wildman–Crippen MR) is 69.7 cm³/mol. The molecule has 3 N–H and O–H groups in total. The SMILES string of the molecule is O=C(O)COCC(=O)NC(=O)Nc1cc(Br)ccc1F. The molecule has 1 rings (SSSR count). The number of benzene rings is 1. The summed E-state index contributed by atoms with van der Waals surface area (Å²) in [5, 5.41) is 12.3. The number of halogens is 2. The van der Waals surface area contributed by atoms with Crippen LogP contribution in [0.15, 0.2) is 22.7 Å². The molecule has 0 aliphatic heterocycles. The van der Waals surface area contributed by atoms with E-state index in [1.165, 1.54) is 12.1 Å². The average molecular weight is 349 g/mol. The van der Waals surface area contributed by atoms with E-state index in [2.05, 4.69) is 26.0 Å². The fourth-order valence-corrected chi connectivity index (χ4v) is 1.50. The van der Waals surface area contributed by atoms with E-state index in [1.807, 2.05) is 5.32 Å². The van der Waals surface area contributed by atoms with Gasteiger partial charge in [0.1, 0.15) is 19.0 Å². The van der Waals surface area contributed by atoms with Gasteiger partial charge in [-0.05, 0) is 18.2 Å². The Morgan fingerprint density at radius 2 is 2.00 bits per heavy atom. The van der Waals surface area contributed by atoms with Gasteiger partial charge in [-0.1, -0.05) is 15.9 Å². The Bertz CT molecular complexity index is 538. The Balaban J connectivity index is 2.45. The summed E-state index contributed by atoms with van der Waals surface area (Å²) in [5.74, 6) is -2.75. The summed E-state index contributed by atoms with van der Waals surface area (Å²) < 4.78 is 18.3. The van der Waals surface area contributed by atoms with Crippen molar-refractivity contribution in [2.24, 2.45) is 0 Å². The van der Waals surface area contributed by atoms with Crippen molar-refractivity contribution in [2.45, 2.75) is 0 Å². The monoisotopic (exact) mass is 348 g/mol. The zero-order valence-electron chi connectivity index (χ0n) is 9.98. The van der Waals surface area contributed by atoms with E-state index in [0.29, 0.717) is 4.47 Å². The summed E-state index contributed by atoms with van der Waals surface area (Å²) in [6, 6.07) is 2.95. The van der Waals surface area contributed by atoms with Crippen molar-refractivity contribution in [1.29, 1.82) is 0 Å². The fraction of sp³-hybridized carbons (Fsp3) is 0.182. The number of hydrogen-bond donors (Lipinski definition) is 3. The average Bonchev–Trinajstić information content (AvgIpc) is 2.33. The molecule has 1 aromatic carbocycles. The minimum absolute atomic E-state index is 0.115. The third kappa shape index (κ3) is 5.76. The van der Waals surface area contributed by atoms with Gasteiger partial charge in [-0.3, -0.25) is 10.1 Å². The van der Waals surface area contributed by atoms with Crippen molar-refractivity contribution in [1.82, 2.24) is 5.32 Å². The number of nitrogens with one attached hydrogen (secondary N) is 2. The summed E-state index contributed by atoms with van der Waals surface area (Å²) in [6.07, 6.45) is 0. The molecule has 0 fully saturated rings. The second kappa shape index (κ2) is 7.56. The van der Waals surface area contributed by atoms with E-state index in [0.717, 1.165) is 6.07 Å². The van der Waals surface area contributed by atoms with E-state index in [1.54, 1.807) is 0 Å². The molecule has 1 aromatic rings. The van der Waals surface area contributed by atoms with Crippen molar-refractivity contribution in [2.75, 3.05) is 18.5 Å². The van der Waals surface area contributed by atoms with Crippen LogP contribution in [0.1, 0.15) is 0 Å². The summed E-state index contributed by atoms with van der Waals surface area (Å²) in [5.41, 5.74) is -0.115. The topological polar surface area (TPSA) is 105 Å². The lowest BCUT2D eigenvalue weighted by molar-refractivity contribution is -0.143. The van der Waals surface area contributed by atoms with Crippen LogP contribution in [0.2, 0.25) is 0 Å². The Morgan fingerprint density at radius 3 is 2.65 bits per heavy atom. The van der Waals surface area contributed by atoms with Crippen LogP contribution in [0.5, 0.6) is 0 Å². The number of carboxylic acid groups (broad SMARTS) is 1. The normalized spacial score (nSPS) is 9.90. The van der Waals surface area contributed by atoms with Crippen molar-refractivity contribution < 1.29 is 28.6 Å². The van der Waals surface area contributed by atoms with Crippen LogP contribution in [0.4, 0.5) is 14.9 Å². The number of ether oxygens (including phenoxy) is 1. The minimum Gasteiger partial charge on any atom is -0.480 e. The number of aliphatic carboxylic acids is 1. The highest BCUT2D eigenvalue weighted by Gasteiger charge is 2.11. The number of amides is 3. The van der Waals surface area contributed by atoms with Gasteiger partial charge >= 0.3 is 12.0 Å². The molecule has 0 aliphatic rings. The fourth-order valence-electron chi connectivity index (χ4n) is 1.14. The minimum atomic E-state index is -1.24. The van der Waals surface area contributed by atoms with Gasteiger partial charge in [0.15, 0.2) is 0 Å². The summed E-state index contributed by atoms with van der Waals surface area (Å²) in [7, 11) is 0. The smallest absolute Gasteiger partial charge is 0.329 e. The largest absolute Gasteiger partial charge is 0.480 e. The van der Waals surface area contributed by atoms with Crippen molar-refractivity contribution >= 4 is 39.5 Å². The molecule has 0 heterocycles. The molecule has 108 valence electrons. The van der Waals surface area contributed by atoms with Gasteiger partial charge in [0.05, 0.1) is 5.69 Å². The van der Waals surface area contributed by atoms with Gasteiger partial charge in [0.2, 0.25) is 0 Å². The molecule has 20 heavy (non-hydrogen) atoms. The van der Waals surface area contributed by atoms with Crippen LogP contribution < -0.4 is 10.6 Å². The summed E-state index contributed by atoms with van der Waals surface area (Å²) >= 11 is 3.10. The maximum Gasteiger partial charge on any atom is 0.329 e. The Hall–Kier alpha value is -2.00. The molecular formula is C11H10BrFN2O5. The molecule has 0 spiro atoms. The molecule has 3 amide bonds. The van der Waals surface area contributed by atoms with Crippen molar-refractivity contribution in [3.63, 3.8) is 0 Å². The van der Waals surface area contributed by atoms with Crippen LogP contribution in [0.25, 0.3) is 0 Å². The lowest BCUT2D eigenvalue weighted by Crippen LogP contribution is -2.37.